The molecule has 2 aromatic rings. The largest absolute Gasteiger partial charge is 0.497 e. The summed E-state index contributed by atoms with van der Waals surface area (Å²) in [4.78, 5) is 20.3. The summed E-state index contributed by atoms with van der Waals surface area (Å²) in [6, 6.07) is 5.54. The van der Waals surface area contributed by atoms with Gasteiger partial charge in [0.1, 0.15) is 11.4 Å². The first kappa shape index (κ1) is 13.7. The third-order valence-electron chi connectivity index (χ3n) is 2.67. The van der Waals surface area contributed by atoms with E-state index in [4.69, 9.17) is 4.74 Å². The maximum Gasteiger partial charge on any atom is 0.187 e. The van der Waals surface area contributed by atoms with Crippen LogP contribution in [0, 0.1) is 6.92 Å². The Morgan fingerprint density at radius 2 is 2.11 bits per heavy atom. The molecule has 0 aliphatic rings. The molecule has 5 heteroatoms. The predicted molar refractivity (Wildman–Crippen MR) is 75.5 cm³/mol. The van der Waals surface area contributed by atoms with Gasteiger partial charge in [0.2, 0.25) is 0 Å². The van der Waals surface area contributed by atoms with Crippen molar-refractivity contribution in [3.63, 3.8) is 0 Å². The van der Waals surface area contributed by atoms with Crippen molar-refractivity contribution >= 4 is 21.7 Å². The van der Waals surface area contributed by atoms with Crippen molar-refractivity contribution in [2.45, 2.75) is 13.3 Å². The highest BCUT2D eigenvalue weighted by atomic mass is 79.9. The smallest absolute Gasteiger partial charge is 0.187 e. The molecule has 0 fully saturated rings. The standard InChI is InChI=1S/C14H13BrN2O2/c1-9-7-17-13(8-16-9)14(18)6-10-5-11(19-2)3-4-12(10)15/h3-5,7-8H,6H2,1-2H3. The van der Waals surface area contributed by atoms with Gasteiger partial charge in [-0.25, -0.2) is 4.98 Å². The second-order valence-electron chi connectivity index (χ2n) is 4.10. The number of aryl methyl sites for hydroxylation is 1. The molecule has 0 amide bonds. The molecule has 0 bridgehead atoms. The first-order valence-electron chi connectivity index (χ1n) is 5.74. The van der Waals surface area contributed by atoms with E-state index in [-0.39, 0.29) is 12.2 Å². The Balaban J connectivity index is 2.21. The van der Waals surface area contributed by atoms with Gasteiger partial charge in [0.25, 0.3) is 0 Å². The van der Waals surface area contributed by atoms with E-state index in [1.54, 1.807) is 13.3 Å². The molecule has 0 saturated carbocycles. The topological polar surface area (TPSA) is 52.1 Å². The zero-order chi connectivity index (χ0) is 13.8. The van der Waals surface area contributed by atoms with Gasteiger partial charge in [-0.3, -0.25) is 9.78 Å². The van der Waals surface area contributed by atoms with Gasteiger partial charge in [0, 0.05) is 17.1 Å². The molecule has 19 heavy (non-hydrogen) atoms. The van der Waals surface area contributed by atoms with Crippen LogP contribution in [-0.2, 0) is 6.42 Å². The summed E-state index contributed by atoms with van der Waals surface area (Å²) in [5.41, 5.74) is 2.03. The second-order valence-corrected chi connectivity index (χ2v) is 4.95. The van der Waals surface area contributed by atoms with Crippen molar-refractivity contribution < 1.29 is 9.53 Å². The molecule has 1 heterocycles. The molecule has 2 rings (SSSR count). The third-order valence-corrected chi connectivity index (χ3v) is 3.44. The summed E-state index contributed by atoms with van der Waals surface area (Å²) in [5.74, 6) is 0.655. The number of carbonyl (C=O) groups is 1. The van der Waals surface area contributed by atoms with Crippen molar-refractivity contribution in [2.75, 3.05) is 7.11 Å². The number of hydrogen-bond donors (Lipinski definition) is 0. The van der Waals surface area contributed by atoms with Gasteiger partial charge in [-0.15, -0.1) is 0 Å². The van der Waals surface area contributed by atoms with Gasteiger partial charge >= 0.3 is 0 Å². The summed E-state index contributed by atoms with van der Waals surface area (Å²) in [6.07, 6.45) is 3.36. The number of Topliss-reactive ketones (excluding diaryl/α,β-unsaturated/α-hetero) is 1. The Bertz CT molecular complexity index is 597. The Hall–Kier alpha value is -1.75. The van der Waals surface area contributed by atoms with Gasteiger partial charge in [0.15, 0.2) is 5.78 Å². The van der Waals surface area contributed by atoms with Crippen molar-refractivity contribution in [3.05, 3.63) is 52.0 Å². The van der Waals surface area contributed by atoms with E-state index < -0.39 is 0 Å². The zero-order valence-electron chi connectivity index (χ0n) is 10.7. The lowest BCUT2D eigenvalue weighted by Gasteiger charge is -2.06. The van der Waals surface area contributed by atoms with Crippen LogP contribution >= 0.6 is 15.9 Å². The van der Waals surface area contributed by atoms with Crippen LogP contribution in [0.1, 0.15) is 21.7 Å². The SMILES string of the molecule is COc1ccc(Br)c(CC(=O)c2cnc(C)cn2)c1. The molecule has 0 spiro atoms. The number of benzene rings is 1. The van der Waals surface area contributed by atoms with E-state index in [1.807, 2.05) is 25.1 Å². The molecule has 0 aliphatic carbocycles. The zero-order valence-corrected chi connectivity index (χ0v) is 12.3. The molecule has 0 N–H and O–H groups in total. The van der Waals surface area contributed by atoms with Crippen molar-refractivity contribution in [3.8, 4) is 5.75 Å². The van der Waals surface area contributed by atoms with Crippen LogP contribution in [0.3, 0.4) is 0 Å². The summed E-state index contributed by atoms with van der Waals surface area (Å²) < 4.78 is 6.03. The Morgan fingerprint density at radius 3 is 2.74 bits per heavy atom. The van der Waals surface area contributed by atoms with E-state index in [0.717, 1.165) is 21.5 Å². The fraction of sp³-hybridized carbons (Fsp3) is 0.214. The van der Waals surface area contributed by atoms with E-state index in [2.05, 4.69) is 25.9 Å². The number of ether oxygens (including phenoxy) is 1. The second kappa shape index (κ2) is 5.93. The molecule has 0 aliphatic heterocycles. The number of methoxy groups -OCH3 is 1. The fourth-order valence-electron chi connectivity index (χ4n) is 1.61. The number of aromatic nitrogens is 2. The minimum Gasteiger partial charge on any atom is -0.497 e. The average Bonchev–Trinajstić information content (AvgIpc) is 2.42. The quantitative estimate of drug-likeness (QED) is 0.813. The molecule has 0 unspecified atom stereocenters. The van der Waals surface area contributed by atoms with E-state index in [9.17, 15) is 4.79 Å². The molecule has 1 aromatic carbocycles. The van der Waals surface area contributed by atoms with E-state index in [0.29, 0.717) is 5.69 Å². The molecule has 0 saturated heterocycles. The minimum atomic E-state index is -0.0681. The summed E-state index contributed by atoms with van der Waals surface area (Å²) >= 11 is 3.43. The van der Waals surface area contributed by atoms with Crippen molar-refractivity contribution in [1.29, 1.82) is 0 Å². The maximum absolute atomic E-state index is 12.1. The van der Waals surface area contributed by atoms with Crippen LogP contribution in [0.5, 0.6) is 5.75 Å². The fourth-order valence-corrected chi connectivity index (χ4v) is 2.00. The Kier molecular flexibility index (Phi) is 4.27. The molecular formula is C14H13BrN2O2. The Labute approximate surface area is 120 Å². The number of carbonyl (C=O) groups excluding carboxylic acids is 1. The highest BCUT2D eigenvalue weighted by molar-refractivity contribution is 9.10. The normalized spacial score (nSPS) is 10.3. The Morgan fingerprint density at radius 1 is 1.32 bits per heavy atom. The molecule has 0 radical (unpaired) electrons. The summed E-state index contributed by atoms with van der Waals surface area (Å²) in [5, 5.41) is 0. The number of rotatable bonds is 4. The van der Waals surface area contributed by atoms with E-state index in [1.165, 1.54) is 6.20 Å². The number of hydrogen-bond acceptors (Lipinski definition) is 4. The van der Waals surface area contributed by atoms with Crippen LogP contribution in [-0.4, -0.2) is 22.9 Å². The van der Waals surface area contributed by atoms with Crippen LogP contribution in [0.2, 0.25) is 0 Å². The first-order chi connectivity index (χ1) is 9.10. The van der Waals surface area contributed by atoms with Crippen molar-refractivity contribution in [2.24, 2.45) is 0 Å². The van der Waals surface area contributed by atoms with Crippen LogP contribution in [0.4, 0.5) is 0 Å². The molecular weight excluding hydrogens is 308 g/mol. The average molecular weight is 321 g/mol. The molecule has 98 valence electrons. The van der Waals surface area contributed by atoms with Gasteiger partial charge in [-0.1, -0.05) is 15.9 Å². The van der Waals surface area contributed by atoms with Gasteiger partial charge in [-0.05, 0) is 30.7 Å². The molecule has 4 nitrogen and oxygen atoms in total. The maximum atomic E-state index is 12.1. The summed E-state index contributed by atoms with van der Waals surface area (Å²) in [7, 11) is 1.60. The lowest BCUT2D eigenvalue weighted by Crippen LogP contribution is -2.07. The van der Waals surface area contributed by atoms with E-state index >= 15 is 0 Å². The van der Waals surface area contributed by atoms with Crippen molar-refractivity contribution in [1.82, 2.24) is 9.97 Å². The monoisotopic (exact) mass is 320 g/mol. The first-order valence-corrected chi connectivity index (χ1v) is 6.53. The number of halogens is 1. The highest BCUT2D eigenvalue weighted by Crippen LogP contribution is 2.23. The van der Waals surface area contributed by atoms with Crippen LogP contribution < -0.4 is 4.74 Å². The highest BCUT2D eigenvalue weighted by Gasteiger charge is 2.12. The summed E-state index contributed by atoms with van der Waals surface area (Å²) in [6.45, 7) is 1.83. The number of ketones is 1. The predicted octanol–water partition coefficient (Wildman–Crippen LogP) is 2.98. The minimum absolute atomic E-state index is 0.0681. The number of nitrogens with zero attached hydrogens (tertiary/aromatic N) is 2. The van der Waals surface area contributed by atoms with Crippen LogP contribution in [0.15, 0.2) is 35.1 Å². The molecule has 1 aromatic heterocycles. The molecule has 0 atom stereocenters. The van der Waals surface area contributed by atoms with Gasteiger partial charge < -0.3 is 4.74 Å². The lowest BCUT2D eigenvalue weighted by atomic mass is 10.1. The van der Waals surface area contributed by atoms with Gasteiger partial charge in [0.05, 0.1) is 19.0 Å². The lowest BCUT2D eigenvalue weighted by molar-refractivity contribution is 0.0987. The third kappa shape index (κ3) is 3.38. The van der Waals surface area contributed by atoms with Gasteiger partial charge in [-0.2, -0.15) is 0 Å². The van der Waals surface area contributed by atoms with Crippen LogP contribution in [0.25, 0.3) is 0 Å².